The van der Waals surface area contributed by atoms with Crippen molar-refractivity contribution in [2.24, 2.45) is 0 Å². The number of aliphatic hydroxyl groups excluding tert-OH is 1. The van der Waals surface area contributed by atoms with Crippen LogP contribution < -0.4 is 5.56 Å². The molecule has 0 bridgehead atoms. The number of aromatic nitrogens is 2. The summed E-state index contributed by atoms with van der Waals surface area (Å²) in [6, 6.07) is 4.30. The molecule has 4 nitrogen and oxygen atoms in total. The highest BCUT2D eigenvalue weighted by Crippen LogP contribution is 2.16. The maximum absolute atomic E-state index is 13.5. The number of para-hydroxylation sites is 1. The maximum Gasteiger partial charge on any atom is 0.258 e. The van der Waals surface area contributed by atoms with Crippen molar-refractivity contribution in [2.45, 2.75) is 6.61 Å². The first-order valence-electron chi connectivity index (χ1n) is 4.77. The molecule has 0 spiro atoms. The second-order valence-corrected chi connectivity index (χ2v) is 3.26. The summed E-state index contributed by atoms with van der Waals surface area (Å²) in [6.07, 6.45) is 1.17. The molecule has 0 aliphatic rings. The van der Waals surface area contributed by atoms with Gasteiger partial charge in [0.2, 0.25) is 0 Å². The highest BCUT2D eigenvalue weighted by Gasteiger charge is 2.15. The first-order chi connectivity index (χ1) is 8.15. The van der Waals surface area contributed by atoms with Crippen LogP contribution in [0.15, 0.2) is 35.3 Å². The van der Waals surface area contributed by atoms with Gasteiger partial charge in [0, 0.05) is 12.3 Å². The van der Waals surface area contributed by atoms with Gasteiger partial charge in [-0.15, -0.1) is 0 Å². The molecule has 0 aliphatic heterocycles. The Bertz CT molecular complexity index is 590. The summed E-state index contributed by atoms with van der Waals surface area (Å²) in [5, 5.41) is 9.02. The third-order valence-electron chi connectivity index (χ3n) is 2.22. The Morgan fingerprint density at radius 1 is 1.24 bits per heavy atom. The Morgan fingerprint density at radius 2 is 1.88 bits per heavy atom. The van der Waals surface area contributed by atoms with Gasteiger partial charge in [0.25, 0.3) is 5.56 Å². The van der Waals surface area contributed by atoms with Crippen molar-refractivity contribution >= 4 is 0 Å². The van der Waals surface area contributed by atoms with Gasteiger partial charge in [-0.05, 0) is 12.1 Å². The lowest BCUT2D eigenvalue weighted by Gasteiger charge is -2.11. The summed E-state index contributed by atoms with van der Waals surface area (Å²) in [7, 11) is 0. The second-order valence-electron chi connectivity index (χ2n) is 3.26. The third-order valence-corrected chi connectivity index (χ3v) is 2.22. The van der Waals surface area contributed by atoms with Gasteiger partial charge in [0.15, 0.2) is 0 Å². The molecule has 0 aliphatic carbocycles. The van der Waals surface area contributed by atoms with Crippen molar-refractivity contribution in [3.05, 3.63) is 58.3 Å². The second kappa shape index (κ2) is 4.42. The zero-order valence-corrected chi connectivity index (χ0v) is 8.60. The average Bonchev–Trinajstić information content (AvgIpc) is 2.30. The summed E-state index contributed by atoms with van der Waals surface area (Å²) < 4.78 is 27.8. The lowest BCUT2D eigenvalue weighted by molar-refractivity contribution is 0.266. The highest BCUT2D eigenvalue weighted by atomic mass is 19.1. The molecule has 0 atom stereocenters. The average molecular weight is 238 g/mol. The van der Waals surface area contributed by atoms with E-state index in [0.29, 0.717) is 4.57 Å². The van der Waals surface area contributed by atoms with Crippen LogP contribution in [0.3, 0.4) is 0 Å². The number of rotatable bonds is 2. The fourth-order valence-electron chi connectivity index (χ4n) is 1.50. The van der Waals surface area contributed by atoms with Gasteiger partial charge in [-0.1, -0.05) is 6.07 Å². The Kier molecular flexibility index (Phi) is 2.97. The molecule has 0 saturated heterocycles. The molecule has 0 saturated carbocycles. The van der Waals surface area contributed by atoms with Crippen molar-refractivity contribution in [3.63, 3.8) is 0 Å². The minimum Gasteiger partial charge on any atom is -0.388 e. The van der Waals surface area contributed by atoms with Gasteiger partial charge in [-0.3, -0.25) is 9.36 Å². The minimum absolute atomic E-state index is 0.124. The molecule has 2 aromatic rings. The van der Waals surface area contributed by atoms with Crippen molar-refractivity contribution in [3.8, 4) is 5.69 Å². The molecule has 17 heavy (non-hydrogen) atoms. The van der Waals surface area contributed by atoms with Gasteiger partial charge in [-0.2, -0.15) is 0 Å². The van der Waals surface area contributed by atoms with E-state index in [9.17, 15) is 13.6 Å². The van der Waals surface area contributed by atoms with Gasteiger partial charge in [0.05, 0.1) is 0 Å². The van der Waals surface area contributed by atoms with E-state index in [1.807, 2.05) is 0 Å². The lowest BCUT2D eigenvalue weighted by Crippen LogP contribution is -2.24. The number of hydrogen-bond acceptors (Lipinski definition) is 3. The van der Waals surface area contributed by atoms with Crippen molar-refractivity contribution < 1.29 is 13.9 Å². The fraction of sp³-hybridized carbons (Fsp3) is 0.0909. The Hall–Kier alpha value is -2.08. The Balaban J connectivity index is 2.81. The lowest BCUT2D eigenvalue weighted by atomic mass is 10.2. The molecular weight excluding hydrogens is 230 g/mol. The molecule has 88 valence electrons. The van der Waals surface area contributed by atoms with Gasteiger partial charge in [-0.25, -0.2) is 13.8 Å². The van der Waals surface area contributed by atoms with E-state index >= 15 is 0 Å². The van der Waals surface area contributed by atoms with E-state index in [1.54, 1.807) is 0 Å². The van der Waals surface area contributed by atoms with Crippen LogP contribution in [0.4, 0.5) is 8.78 Å². The van der Waals surface area contributed by atoms with Crippen LogP contribution in [0.2, 0.25) is 0 Å². The molecule has 0 amide bonds. The van der Waals surface area contributed by atoms with E-state index < -0.39 is 29.5 Å². The standard InChI is InChI=1S/C11H8F2N2O2/c12-7-2-1-3-8(13)11(7)15-9(6-16)14-5-4-10(15)17/h1-5,16H,6H2. The van der Waals surface area contributed by atoms with Crippen LogP contribution in [0.1, 0.15) is 5.82 Å². The predicted octanol–water partition coefficient (Wildman–Crippen LogP) is 1.00. The van der Waals surface area contributed by atoms with Crippen molar-refractivity contribution in [1.29, 1.82) is 0 Å². The minimum atomic E-state index is -0.894. The molecule has 1 N–H and O–H groups in total. The van der Waals surface area contributed by atoms with E-state index in [1.165, 1.54) is 12.3 Å². The van der Waals surface area contributed by atoms with Gasteiger partial charge >= 0.3 is 0 Å². The zero-order valence-electron chi connectivity index (χ0n) is 8.60. The van der Waals surface area contributed by atoms with E-state index in [0.717, 1.165) is 18.2 Å². The number of hydrogen-bond donors (Lipinski definition) is 1. The number of benzene rings is 1. The predicted molar refractivity (Wildman–Crippen MR) is 55.7 cm³/mol. The highest BCUT2D eigenvalue weighted by molar-refractivity contribution is 5.36. The van der Waals surface area contributed by atoms with Crippen LogP contribution in [-0.4, -0.2) is 14.7 Å². The molecule has 0 radical (unpaired) electrons. The maximum atomic E-state index is 13.5. The van der Waals surface area contributed by atoms with E-state index in [-0.39, 0.29) is 5.82 Å². The summed E-state index contributed by atoms with van der Waals surface area (Å²) in [6.45, 7) is -0.593. The molecule has 0 unspecified atom stereocenters. The first kappa shape index (κ1) is 11.4. The van der Waals surface area contributed by atoms with Crippen LogP contribution in [0, 0.1) is 11.6 Å². The van der Waals surface area contributed by atoms with Gasteiger partial charge in [0.1, 0.15) is 29.8 Å². The molecule has 0 fully saturated rings. The normalized spacial score (nSPS) is 10.5. The summed E-state index contributed by atoms with van der Waals surface area (Å²) in [5.41, 5.74) is -1.19. The number of nitrogens with zero attached hydrogens (tertiary/aromatic N) is 2. The molecule has 1 heterocycles. The largest absolute Gasteiger partial charge is 0.388 e. The van der Waals surface area contributed by atoms with Crippen LogP contribution in [0.25, 0.3) is 5.69 Å². The Labute approximate surface area is 94.8 Å². The smallest absolute Gasteiger partial charge is 0.258 e. The van der Waals surface area contributed by atoms with E-state index in [4.69, 9.17) is 5.11 Å². The van der Waals surface area contributed by atoms with Crippen molar-refractivity contribution in [2.75, 3.05) is 0 Å². The fourth-order valence-corrected chi connectivity index (χ4v) is 1.50. The van der Waals surface area contributed by atoms with Crippen molar-refractivity contribution in [1.82, 2.24) is 9.55 Å². The topological polar surface area (TPSA) is 55.1 Å². The Morgan fingerprint density at radius 3 is 2.47 bits per heavy atom. The molecule has 1 aromatic heterocycles. The molecule has 6 heteroatoms. The monoisotopic (exact) mass is 238 g/mol. The first-order valence-corrected chi connectivity index (χ1v) is 4.77. The number of halogens is 2. The number of aliphatic hydroxyl groups is 1. The zero-order chi connectivity index (χ0) is 12.4. The summed E-state index contributed by atoms with van der Waals surface area (Å²) in [5.74, 6) is -1.91. The summed E-state index contributed by atoms with van der Waals surface area (Å²) >= 11 is 0. The molecular formula is C11H8F2N2O2. The quantitative estimate of drug-likeness (QED) is 0.849. The third kappa shape index (κ3) is 1.94. The SMILES string of the molecule is O=c1ccnc(CO)n1-c1c(F)cccc1F. The van der Waals surface area contributed by atoms with Gasteiger partial charge < -0.3 is 5.11 Å². The van der Waals surface area contributed by atoms with E-state index in [2.05, 4.69) is 4.98 Å². The molecule has 1 aromatic carbocycles. The van der Waals surface area contributed by atoms with Crippen LogP contribution >= 0.6 is 0 Å². The van der Waals surface area contributed by atoms with Crippen LogP contribution in [-0.2, 0) is 6.61 Å². The molecule has 2 rings (SSSR count). The summed E-state index contributed by atoms with van der Waals surface area (Å²) in [4.78, 5) is 15.3. The van der Waals surface area contributed by atoms with Crippen LogP contribution in [0.5, 0.6) is 0 Å².